The third-order valence-electron chi connectivity index (χ3n) is 4.03. The molecule has 0 bridgehead atoms. The zero-order valence-corrected chi connectivity index (χ0v) is 15.1. The molecule has 1 aliphatic heterocycles. The molecule has 2 heterocycles. The SMILES string of the molecule is Cc1ccc(C(=O)NCc2ccc(S(=O)(=O)N3CCCC3)s2)cc1. The molecular formula is C17H20N2O3S2. The van der Waals surface area contributed by atoms with Gasteiger partial charge in [-0.25, -0.2) is 8.42 Å². The summed E-state index contributed by atoms with van der Waals surface area (Å²) in [4.78, 5) is 12.9. The Balaban J connectivity index is 1.64. The first-order valence-corrected chi connectivity index (χ1v) is 10.2. The first-order chi connectivity index (χ1) is 11.5. The van der Waals surface area contributed by atoms with E-state index in [1.165, 1.54) is 15.6 Å². The minimum Gasteiger partial charge on any atom is -0.347 e. The van der Waals surface area contributed by atoms with Gasteiger partial charge in [0.2, 0.25) is 0 Å². The summed E-state index contributed by atoms with van der Waals surface area (Å²) >= 11 is 1.22. The van der Waals surface area contributed by atoms with Crippen molar-refractivity contribution in [3.63, 3.8) is 0 Å². The van der Waals surface area contributed by atoms with Gasteiger partial charge in [0.1, 0.15) is 4.21 Å². The van der Waals surface area contributed by atoms with E-state index in [4.69, 9.17) is 0 Å². The van der Waals surface area contributed by atoms with Crippen molar-refractivity contribution in [2.24, 2.45) is 0 Å². The first-order valence-electron chi connectivity index (χ1n) is 7.90. The van der Waals surface area contributed by atoms with Crippen LogP contribution in [0.25, 0.3) is 0 Å². The minimum atomic E-state index is -3.37. The van der Waals surface area contributed by atoms with Gasteiger partial charge in [-0.05, 0) is 44.0 Å². The lowest BCUT2D eigenvalue weighted by molar-refractivity contribution is 0.0951. The van der Waals surface area contributed by atoms with Crippen LogP contribution in [0.5, 0.6) is 0 Å². The van der Waals surface area contributed by atoms with Crippen LogP contribution in [0.1, 0.15) is 33.6 Å². The average molecular weight is 364 g/mol. The van der Waals surface area contributed by atoms with E-state index in [9.17, 15) is 13.2 Å². The van der Waals surface area contributed by atoms with E-state index in [2.05, 4.69) is 5.32 Å². The molecule has 1 fully saturated rings. The molecule has 0 radical (unpaired) electrons. The summed E-state index contributed by atoms with van der Waals surface area (Å²) in [7, 11) is -3.37. The van der Waals surface area contributed by atoms with Crippen molar-refractivity contribution in [2.45, 2.75) is 30.5 Å². The molecule has 0 aliphatic carbocycles. The molecule has 2 aromatic rings. The zero-order chi connectivity index (χ0) is 17.2. The van der Waals surface area contributed by atoms with E-state index >= 15 is 0 Å². The largest absolute Gasteiger partial charge is 0.347 e. The second kappa shape index (κ2) is 7.04. The fraction of sp³-hybridized carbons (Fsp3) is 0.353. The number of carbonyl (C=O) groups excluding carboxylic acids is 1. The van der Waals surface area contributed by atoms with Crippen LogP contribution < -0.4 is 5.32 Å². The molecule has 1 saturated heterocycles. The summed E-state index contributed by atoms with van der Waals surface area (Å²) in [5.74, 6) is -0.160. The van der Waals surface area contributed by atoms with Crippen molar-refractivity contribution in [1.29, 1.82) is 0 Å². The highest BCUT2D eigenvalue weighted by Crippen LogP contribution is 2.27. The Morgan fingerprint density at radius 3 is 2.46 bits per heavy atom. The van der Waals surface area contributed by atoms with E-state index < -0.39 is 10.0 Å². The number of aryl methyl sites for hydroxylation is 1. The molecule has 0 atom stereocenters. The normalized spacial score (nSPS) is 15.5. The van der Waals surface area contributed by atoms with Gasteiger partial charge >= 0.3 is 0 Å². The molecule has 5 nitrogen and oxygen atoms in total. The van der Waals surface area contributed by atoms with Gasteiger partial charge in [-0.3, -0.25) is 4.79 Å². The number of benzene rings is 1. The summed E-state index contributed by atoms with van der Waals surface area (Å²) in [5, 5.41) is 2.83. The molecule has 0 unspecified atom stereocenters. The minimum absolute atomic E-state index is 0.160. The maximum absolute atomic E-state index is 12.5. The van der Waals surface area contributed by atoms with E-state index in [-0.39, 0.29) is 5.91 Å². The summed E-state index contributed by atoms with van der Waals surface area (Å²) in [6.07, 6.45) is 1.84. The smallest absolute Gasteiger partial charge is 0.252 e. The Bertz CT molecular complexity index is 820. The van der Waals surface area contributed by atoms with Crippen LogP contribution in [0.2, 0.25) is 0 Å². The van der Waals surface area contributed by atoms with Gasteiger partial charge in [0, 0.05) is 23.5 Å². The molecule has 24 heavy (non-hydrogen) atoms. The molecule has 128 valence electrons. The Morgan fingerprint density at radius 2 is 1.79 bits per heavy atom. The van der Waals surface area contributed by atoms with Crippen LogP contribution in [-0.2, 0) is 16.6 Å². The third-order valence-corrected chi connectivity index (χ3v) is 7.48. The lowest BCUT2D eigenvalue weighted by Crippen LogP contribution is -2.27. The van der Waals surface area contributed by atoms with Crippen molar-refractivity contribution in [1.82, 2.24) is 9.62 Å². The lowest BCUT2D eigenvalue weighted by atomic mass is 10.1. The van der Waals surface area contributed by atoms with E-state index in [1.807, 2.05) is 19.1 Å². The van der Waals surface area contributed by atoms with Crippen molar-refractivity contribution in [2.75, 3.05) is 13.1 Å². The Morgan fingerprint density at radius 1 is 1.12 bits per heavy atom. The number of carbonyl (C=O) groups is 1. The summed E-state index contributed by atoms with van der Waals surface area (Å²) in [6, 6.07) is 10.7. The maximum atomic E-state index is 12.5. The van der Waals surface area contributed by atoms with Crippen LogP contribution >= 0.6 is 11.3 Å². The summed E-state index contributed by atoms with van der Waals surface area (Å²) < 4.78 is 26.9. The Kier molecular flexibility index (Phi) is 5.03. The fourth-order valence-electron chi connectivity index (χ4n) is 2.62. The average Bonchev–Trinajstić information content (AvgIpc) is 3.25. The van der Waals surface area contributed by atoms with E-state index in [0.29, 0.717) is 29.4 Å². The highest BCUT2D eigenvalue weighted by Gasteiger charge is 2.28. The molecule has 1 aliphatic rings. The predicted octanol–water partition coefficient (Wildman–Crippen LogP) is 2.77. The maximum Gasteiger partial charge on any atom is 0.252 e. The zero-order valence-electron chi connectivity index (χ0n) is 13.5. The highest BCUT2D eigenvalue weighted by molar-refractivity contribution is 7.91. The standard InChI is InChI=1S/C17H20N2O3S2/c1-13-4-6-14(7-5-13)17(20)18-12-15-8-9-16(23-15)24(21,22)19-10-2-3-11-19/h4-9H,2-3,10-12H2,1H3,(H,18,20). The van der Waals surface area contributed by atoms with Gasteiger partial charge in [0.15, 0.2) is 0 Å². The van der Waals surface area contributed by atoms with Gasteiger partial charge < -0.3 is 5.32 Å². The monoisotopic (exact) mass is 364 g/mol. The van der Waals surface area contributed by atoms with Crippen LogP contribution in [0, 0.1) is 6.92 Å². The predicted molar refractivity (Wildman–Crippen MR) is 94.7 cm³/mol. The van der Waals surface area contributed by atoms with Crippen molar-refractivity contribution in [3.05, 3.63) is 52.4 Å². The molecule has 1 N–H and O–H groups in total. The molecule has 0 spiro atoms. The van der Waals surface area contributed by atoms with Crippen molar-refractivity contribution < 1.29 is 13.2 Å². The Hall–Kier alpha value is -1.70. The molecule has 7 heteroatoms. The number of amides is 1. The van der Waals surface area contributed by atoms with Gasteiger partial charge in [-0.2, -0.15) is 4.31 Å². The molecule has 3 rings (SSSR count). The molecule has 1 aromatic carbocycles. The molecular weight excluding hydrogens is 344 g/mol. The van der Waals surface area contributed by atoms with Crippen LogP contribution in [-0.4, -0.2) is 31.7 Å². The third kappa shape index (κ3) is 3.68. The second-order valence-corrected chi connectivity index (χ2v) is 9.21. The highest BCUT2D eigenvalue weighted by atomic mass is 32.2. The summed E-state index contributed by atoms with van der Waals surface area (Å²) in [6.45, 7) is 3.49. The van der Waals surface area contributed by atoms with E-state index in [1.54, 1.807) is 24.3 Å². The summed E-state index contributed by atoms with van der Waals surface area (Å²) in [5.41, 5.74) is 1.70. The number of sulfonamides is 1. The number of hydrogen-bond donors (Lipinski definition) is 1. The number of rotatable bonds is 5. The van der Waals surface area contributed by atoms with Crippen molar-refractivity contribution >= 4 is 27.3 Å². The number of thiophene rings is 1. The first kappa shape index (κ1) is 17.1. The number of nitrogens with one attached hydrogen (secondary N) is 1. The molecule has 1 aromatic heterocycles. The molecule has 1 amide bonds. The Labute approximate surface area is 146 Å². The van der Waals surface area contributed by atoms with E-state index in [0.717, 1.165) is 23.3 Å². The quantitative estimate of drug-likeness (QED) is 0.887. The van der Waals surface area contributed by atoms with Gasteiger partial charge in [0.05, 0.1) is 6.54 Å². The van der Waals surface area contributed by atoms with Crippen LogP contribution in [0.15, 0.2) is 40.6 Å². The fourth-order valence-corrected chi connectivity index (χ4v) is 5.59. The topological polar surface area (TPSA) is 66.5 Å². The van der Waals surface area contributed by atoms with Gasteiger partial charge in [0.25, 0.3) is 15.9 Å². The van der Waals surface area contributed by atoms with Crippen molar-refractivity contribution in [3.8, 4) is 0 Å². The lowest BCUT2D eigenvalue weighted by Gasteiger charge is -2.13. The van der Waals surface area contributed by atoms with Gasteiger partial charge in [-0.1, -0.05) is 17.7 Å². The second-order valence-electron chi connectivity index (χ2n) is 5.88. The number of nitrogens with zero attached hydrogens (tertiary/aromatic N) is 1. The van der Waals surface area contributed by atoms with Gasteiger partial charge in [-0.15, -0.1) is 11.3 Å². The van der Waals surface area contributed by atoms with Crippen LogP contribution in [0.4, 0.5) is 0 Å². The number of hydrogen-bond acceptors (Lipinski definition) is 4. The molecule has 0 saturated carbocycles. The van der Waals surface area contributed by atoms with Crippen LogP contribution in [0.3, 0.4) is 0 Å².